The minimum absolute atomic E-state index is 0.0500. The normalized spacial score (nSPS) is 15.7. The zero-order valence-electron chi connectivity index (χ0n) is 19.1. The highest BCUT2D eigenvalue weighted by atomic mass is 16.5. The van der Waals surface area contributed by atoms with Crippen LogP contribution in [0.5, 0.6) is 0 Å². The fraction of sp³-hybridized carbons (Fsp3) is 0.360. The SMILES string of the molecule is COC(=O)C1=C(C)N(C(C)C)C(=O)/C1=C\c1cc(C)n(-c2ccc(C)c(C)c2)c1C. The van der Waals surface area contributed by atoms with Crippen molar-refractivity contribution in [2.75, 3.05) is 7.11 Å². The number of hydrogen-bond acceptors (Lipinski definition) is 3. The summed E-state index contributed by atoms with van der Waals surface area (Å²) in [6.45, 7) is 13.9. The number of methoxy groups -OCH3 is 1. The molecule has 1 amide bonds. The Morgan fingerprint density at radius 1 is 1.03 bits per heavy atom. The molecule has 158 valence electrons. The predicted octanol–water partition coefficient (Wildman–Crippen LogP) is 4.79. The number of benzene rings is 1. The molecule has 5 nitrogen and oxygen atoms in total. The van der Waals surface area contributed by atoms with E-state index in [0.717, 1.165) is 22.6 Å². The van der Waals surface area contributed by atoms with Crippen molar-refractivity contribution in [1.82, 2.24) is 9.47 Å². The van der Waals surface area contributed by atoms with Crippen molar-refractivity contribution >= 4 is 18.0 Å². The van der Waals surface area contributed by atoms with Crippen molar-refractivity contribution in [2.45, 2.75) is 54.5 Å². The molecule has 2 heterocycles. The second kappa shape index (κ2) is 7.98. The van der Waals surface area contributed by atoms with E-state index in [1.54, 1.807) is 11.8 Å². The molecule has 0 saturated carbocycles. The highest BCUT2D eigenvalue weighted by molar-refractivity contribution is 6.16. The van der Waals surface area contributed by atoms with Crippen molar-refractivity contribution in [3.63, 3.8) is 0 Å². The van der Waals surface area contributed by atoms with Gasteiger partial charge in [-0.2, -0.15) is 0 Å². The molecule has 1 aromatic carbocycles. The Hall–Kier alpha value is -3.08. The van der Waals surface area contributed by atoms with Crippen molar-refractivity contribution in [3.8, 4) is 5.69 Å². The van der Waals surface area contributed by atoms with Crippen molar-refractivity contribution in [1.29, 1.82) is 0 Å². The summed E-state index contributed by atoms with van der Waals surface area (Å²) < 4.78 is 7.15. The van der Waals surface area contributed by atoms with Gasteiger partial charge in [0, 0.05) is 28.8 Å². The number of aromatic nitrogens is 1. The minimum Gasteiger partial charge on any atom is -0.465 e. The first kappa shape index (κ1) is 21.6. The van der Waals surface area contributed by atoms with Gasteiger partial charge in [-0.25, -0.2) is 4.79 Å². The second-order valence-electron chi connectivity index (χ2n) is 8.21. The first-order valence-corrected chi connectivity index (χ1v) is 10.2. The third kappa shape index (κ3) is 3.49. The molecular formula is C25H30N2O3. The van der Waals surface area contributed by atoms with E-state index in [0.29, 0.717) is 16.8 Å². The van der Waals surface area contributed by atoms with Crippen LogP contribution in [-0.4, -0.2) is 34.5 Å². The van der Waals surface area contributed by atoms with Gasteiger partial charge >= 0.3 is 5.97 Å². The van der Waals surface area contributed by atoms with Crippen molar-refractivity contribution in [2.24, 2.45) is 0 Å². The molecule has 0 spiro atoms. The molecule has 0 saturated heterocycles. The van der Waals surface area contributed by atoms with Crippen LogP contribution in [0.25, 0.3) is 11.8 Å². The van der Waals surface area contributed by atoms with E-state index < -0.39 is 5.97 Å². The molecule has 0 bridgehead atoms. The maximum atomic E-state index is 13.1. The lowest BCUT2D eigenvalue weighted by molar-refractivity contribution is -0.136. The van der Waals surface area contributed by atoms with Crippen LogP contribution >= 0.6 is 0 Å². The minimum atomic E-state index is -0.488. The number of hydrogen-bond donors (Lipinski definition) is 0. The van der Waals surface area contributed by atoms with E-state index in [4.69, 9.17) is 4.74 Å². The fourth-order valence-electron chi connectivity index (χ4n) is 4.17. The Kier molecular flexibility index (Phi) is 5.75. The molecule has 0 unspecified atom stereocenters. The number of allylic oxidation sites excluding steroid dienone is 1. The monoisotopic (exact) mass is 406 g/mol. The van der Waals surface area contributed by atoms with Crippen LogP contribution in [0.4, 0.5) is 0 Å². The number of esters is 1. The maximum Gasteiger partial charge on any atom is 0.340 e. The number of ether oxygens (including phenoxy) is 1. The zero-order valence-corrected chi connectivity index (χ0v) is 19.1. The third-order valence-electron chi connectivity index (χ3n) is 5.87. The zero-order chi connectivity index (χ0) is 22.3. The average Bonchev–Trinajstić information content (AvgIpc) is 3.09. The molecule has 0 radical (unpaired) electrons. The molecule has 30 heavy (non-hydrogen) atoms. The molecule has 3 rings (SSSR count). The number of amides is 1. The molecule has 1 aromatic heterocycles. The number of rotatable bonds is 4. The molecule has 2 aromatic rings. The standard InChI is InChI=1S/C25H30N2O3/c1-14(2)26-19(7)23(25(29)30-8)22(24(26)28)13-20-12-17(5)27(18(20)6)21-10-9-15(3)16(4)11-21/h9-14H,1-8H3/b22-13-. The largest absolute Gasteiger partial charge is 0.465 e. The van der Waals surface area contributed by atoms with Crippen LogP contribution in [0.2, 0.25) is 0 Å². The molecule has 0 atom stereocenters. The van der Waals surface area contributed by atoms with E-state index in [1.807, 2.05) is 39.8 Å². The first-order chi connectivity index (χ1) is 14.1. The predicted molar refractivity (Wildman–Crippen MR) is 119 cm³/mol. The smallest absolute Gasteiger partial charge is 0.340 e. The van der Waals surface area contributed by atoms with Crippen molar-refractivity contribution < 1.29 is 14.3 Å². The Morgan fingerprint density at radius 3 is 2.27 bits per heavy atom. The summed E-state index contributed by atoms with van der Waals surface area (Å²) >= 11 is 0. The van der Waals surface area contributed by atoms with Gasteiger partial charge in [0.2, 0.25) is 0 Å². The quantitative estimate of drug-likeness (QED) is 0.542. The Bertz CT molecular complexity index is 1100. The van der Waals surface area contributed by atoms with E-state index >= 15 is 0 Å². The molecule has 0 fully saturated rings. The summed E-state index contributed by atoms with van der Waals surface area (Å²) in [5.41, 5.74) is 7.90. The second-order valence-corrected chi connectivity index (χ2v) is 8.21. The number of carbonyl (C=O) groups excluding carboxylic acids is 2. The van der Waals surface area contributed by atoms with Gasteiger partial charge in [0.25, 0.3) is 5.91 Å². The summed E-state index contributed by atoms with van der Waals surface area (Å²) in [5.74, 6) is -0.655. The van der Waals surface area contributed by atoms with Gasteiger partial charge in [-0.3, -0.25) is 4.79 Å². The molecule has 1 aliphatic heterocycles. The van der Waals surface area contributed by atoms with Crippen LogP contribution in [0.1, 0.15) is 48.8 Å². The lowest BCUT2D eigenvalue weighted by Gasteiger charge is -2.22. The molecular weight excluding hydrogens is 376 g/mol. The molecule has 5 heteroatoms. The van der Waals surface area contributed by atoms with Gasteiger partial charge in [-0.15, -0.1) is 0 Å². The fourth-order valence-corrected chi connectivity index (χ4v) is 4.17. The van der Waals surface area contributed by atoms with Gasteiger partial charge in [-0.1, -0.05) is 6.07 Å². The first-order valence-electron chi connectivity index (χ1n) is 10.2. The van der Waals surface area contributed by atoms with E-state index in [9.17, 15) is 9.59 Å². The average molecular weight is 407 g/mol. The third-order valence-corrected chi connectivity index (χ3v) is 5.87. The summed E-state index contributed by atoms with van der Waals surface area (Å²) in [4.78, 5) is 27.3. The number of carbonyl (C=O) groups is 2. The van der Waals surface area contributed by atoms with Gasteiger partial charge in [-0.05, 0) is 89.4 Å². The maximum absolute atomic E-state index is 13.1. The van der Waals surface area contributed by atoms with Crippen LogP contribution in [0, 0.1) is 27.7 Å². The summed E-state index contributed by atoms with van der Waals surface area (Å²) in [6, 6.07) is 8.38. The van der Waals surface area contributed by atoms with E-state index in [1.165, 1.54) is 18.2 Å². The van der Waals surface area contributed by atoms with Gasteiger partial charge in [0.15, 0.2) is 0 Å². The Morgan fingerprint density at radius 2 is 1.70 bits per heavy atom. The van der Waals surface area contributed by atoms with Gasteiger partial charge in [0.05, 0.1) is 18.3 Å². The lowest BCUT2D eigenvalue weighted by Crippen LogP contribution is -2.31. The van der Waals surface area contributed by atoms with Crippen LogP contribution in [0.3, 0.4) is 0 Å². The lowest BCUT2D eigenvalue weighted by atomic mass is 10.0. The van der Waals surface area contributed by atoms with E-state index in [2.05, 4.69) is 36.6 Å². The van der Waals surface area contributed by atoms with Crippen molar-refractivity contribution in [3.05, 3.63) is 69.2 Å². The van der Waals surface area contributed by atoms with Crippen LogP contribution in [-0.2, 0) is 14.3 Å². The molecule has 0 aliphatic carbocycles. The summed E-state index contributed by atoms with van der Waals surface area (Å²) in [5, 5.41) is 0. The Balaban J connectivity index is 2.16. The van der Waals surface area contributed by atoms with Crippen LogP contribution < -0.4 is 0 Å². The summed E-state index contributed by atoms with van der Waals surface area (Å²) in [6.07, 6.45) is 1.82. The van der Waals surface area contributed by atoms with Gasteiger partial charge in [0.1, 0.15) is 0 Å². The highest BCUT2D eigenvalue weighted by Gasteiger charge is 2.38. The van der Waals surface area contributed by atoms with E-state index in [-0.39, 0.29) is 11.9 Å². The molecule has 1 aliphatic rings. The molecule has 0 N–H and O–H groups in total. The highest BCUT2D eigenvalue weighted by Crippen LogP contribution is 2.34. The Labute approximate surface area is 178 Å². The van der Waals surface area contributed by atoms with Crippen LogP contribution in [0.15, 0.2) is 41.1 Å². The summed E-state index contributed by atoms with van der Waals surface area (Å²) in [7, 11) is 1.34. The number of aryl methyl sites for hydroxylation is 3. The topological polar surface area (TPSA) is 51.5 Å². The number of nitrogens with zero attached hydrogens (tertiary/aromatic N) is 2. The van der Waals surface area contributed by atoms with Gasteiger partial charge < -0.3 is 14.2 Å².